The van der Waals surface area contributed by atoms with E-state index in [2.05, 4.69) is 20.2 Å². The molecule has 1 saturated heterocycles. The summed E-state index contributed by atoms with van der Waals surface area (Å²) in [5, 5.41) is 13.1. The van der Waals surface area contributed by atoms with Crippen LogP contribution >= 0.6 is 0 Å². The lowest BCUT2D eigenvalue weighted by molar-refractivity contribution is -0.126. The Morgan fingerprint density at radius 1 is 0.931 bits per heavy atom. The van der Waals surface area contributed by atoms with E-state index in [4.69, 9.17) is 0 Å². The van der Waals surface area contributed by atoms with Crippen molar-refractivity contribution in [3.05, 3.63) is 71.6 Å². The number of nitrogens with zero attached hydrogens (tertiary/aromatic N) is 6. The van der Waals surface area contributed by atoms with Gasteiger partial charge in [0, 0.05) is 37.9 Å². The van der Waals surface area contributed by atoms with Crippen LogP contribution in [0.3, 0.4) is 0 Å². The van der Waals surface area contributed by atoms with Gasteiger partial charge in [-0.05, 0) is 43.7 Å². The maximum atomic E-state index is 12.4. The lowest BCUT2D eigenvalue weighted by Gasteiger charge is -2.34. The Morgan fingerprint density at radius 3 is 2.24 bits per heavy atom. The lowest BCUT2D eigenvalue weighted by Crippen LogP contribution is -2.48. The van der Waals surface area contributed by atoms with E-state index in [0.29, 0.717) is 18.9 Å². The molecule has 7 nitrogen and oxygen atoms in total. The molecule has 148 valence electrons. The molecule has 0 unspecified atom stereocenters. The Bertz CT molecular complexity index is 1000. The normalized spacial score (nSPS) is 14.6. The van der Waals surface area contributed by atoms with Crippen LogP contribution in [-0.4, -0.2) is 57.0 Å². The second kappa shape index (κ2) is 8.26. The molecule has 1 amide bonds. The molecule has 0 radical (unpaired) electrons. The molecular weight excluding hydrogens is 364 g/mol. The van der Waals surface area contributed by atoms with E-state index >= 15 is 0 Å². The highest BCUT2D eigenvalue weighted by molar-refractivity contribution is 5.91. The van der Waals surface area contributed by atoms with Crippen molar-refractivity contribution < 1.29 is 4.79 Å². The average Bonchev–Trinajstić information content (AvgIpc) is 3.11. The molecule has 4 rings (SSSR count). The van der Waals surface area contributed by atoms with Crippen LogP contribution in [0.1, 0.15) is 17.0 Å². The first-order valence-electron chi connectivity index (χ1n) is 9.74. The van der Waals surface area contributed by atoms with Crippen molar-refractivity contribution in [3.63, 3.8) is 0 Å². The molecule has 0 N–H and O–H groups in total. The summed E-state index contributed by atoms with van der Waals surface area (Å²) >= 11 is 0. The summed E-state index contributed by atoms with van der Waals surface area (Å²) in [5.41, 5.74) is 3.01. The molecule has 0 atom stereocenters. The second-order valence-corrected chi connectivity index (χ2v) is 7.14. The standard InChI is InChI=1S/C22H24N6O/c1-17-16-18(2)28(25-17)21-10-9-20(23-24-21)26-12-14-27(15-13-26)22(29)11-8-19-6-4-3-5-7-19/h3-11,16H,12-15H2,1-2H3. The summed E-state index contributed by atoms with van der Waals surface area (Å²) in [7, 11) is 0. The molecule has 3 aromatic rings. The van der Waals surface area contributed by atoms with Crippen LogP contribution in [0, 0.1) is 13.8 Å². The first-order chi connectivity index (χ1) is 14.1. The molecule has 29 heavy (non-hydrogen) atoms. The number of rotatable bonds is 4. The fraction of sp³-hybridized carbons (Fsp3) is 0.273. The summed E-state index contributed by atoms with van der Waals surface area (Å²) in [6, 6.07) is 15.8. The Morgan fingerprint density at radius 2 is 1.62 bits per heavy atom. The van der Waals surface area contributed by atoms with Crippen molar-refractivity contribution in [2.75, 3.05) is 31.1 Å². The zero-order chi connectivity index (χ0) is 20.2. The second-order valence-electron chi connectivity index (χ2n) is 7.14. The highest BCUT2D eigenvalue weighted by Crippen LogP contribution is 2.16. The number of carbonyl (C=O) groups is 1. The Labute approximate surface area is 170 Å². The molecule has 1 aliphatic rings. The number of hydrogen-bond acceptors (Lipinski definition) is 5. The number of anilines is 1. The molecule has 0 spiro atoms. The monoisotopic (exact) mass is 388 g/mol. The number of hydrogen-bond donors (Lipinski definition) is 0. The number of amides is 1. The number of aryl methyl sites for hydroxylation is 2. The van der Waals surface area contributed by atoms with Gasteiger partial charge >= 0.3 is 0 Å². The van der Waals surface area contributed by atoms with Crippen molar-refractivity contribution in [2.24, 2.45) is 0 Å². The Kier molecular flexibility index (Phi) is 5.37. The van der Waals surface area contributed by atoms with Crippen LogP contribution in [0.4, 0.5) is 5.82 Å². The maximum Gasteiger partial charge on any atom is 0.246 e. The average molecular weight is 388 g/mol. The van der Waals surface area contributed by atoms with Crippen LogP contribution in [-0.2, 0) is 4.79 Å². The minimum absolute atomic E-state index is 0.0412. The van der Waals surface area contributed by atoms with Crippen LogP contribution in [0.25, 0.3) is 11.9 Å². The van der Waals surface area contributed by atoms with Crippen molar-refractivity contribution >= 4 is 17.8 Å². The van der Waals surface area contributed by atoms with Crippen molar-refractivity contribution in [2.45, 2.75) is 13.8 Å². The van der Waals surface area contributed by atoms with Gasteiger partial charge in [-0.1, -0.05) is 30.3 Å². The smallest absolute Gasteiger partial charge is 0.246 e. The van der Waals surface area contributed by atoms with Gasteiger partial charge in [-0.25, -0.2) is 4.68 Å². The molecule has 0 saturated carbocycles. The largest absolute Gasteiger partial charge is 0.352 e. The first kappa shape index (κ1) is 18.9. The van der Waals surface area contributed by atoms with Crippen LogP contribution < -0.4 is 4.90 Å². The molecule has 0 aliphatic carbocycles. The lowest BCUT2D eigenvalue weighted by atomic mass is 10.2. The van der Waals surface area contributed by atoms with Crippen molar-refractivity contribution in [1.29, 1.82) is 0 Å². The molecule has 7 heteroatoms. The fourth-order valence-electron chi connectivity index (χ4n) is 3.45. The number of benzene rings is 1. The molecular formula is C22H24N6O. The SMILES string of the molecule is Cc1cc(C)n(-c2ccc(N3CCN(C(=O)C=Cc4ccccc4)CC3)nn2)n1. The number of aromatic nitrogens is 4. The summed E-state index contributed by atoms with van der Waals surface area (Å²) in [6.07, 6.45) is 3.51. The van der Waals surface area contributed by atoms with Gasteiger partial charge in [-0.3, -0.25) is 4.79 Å². The summed E-state index contributed by atoms with van der Waals surface area (Å²) < 4.78 is 1.79. The van der Waals surface area contributed by atoms with Gasteiger partial charge in [0.25, 0.3) is 0 Å². The van der Waals surface area contributed by atoms with E-state index in [0.717, 1.165) is 35.9 Å². The van der Waals surface area contributed by atoms with Gasteiger partial charge in [-0.2, -0.15) is 5.10 Å². The predicted molar refractivity (Wildman–Crippen MR) is 113 cm³/mol. The third-order valence-corrected chi connectivity index (χ3v) is 5.00. The van der Waals surface area contributed by atoms with Gasteiger partial charge < -0.3 is 9.80 Å². The number of piperazine rings is 1. The molecule has 1 fully saturated rings. The number of carbonyl (C=O) groups excluding carboxylic acids is 1. The van der Waals surface area contributed by atoms with Gasteiger partial charge in [0.2, 0.25) is 5.91 Å². The highest BCUT2D eigenvalue weighted by atomic mass is 16.2. The Balaban J connectivity index is 1.35. The zero-order valence-electron chi connectivity index (χ0n) is 16.7. The third kappa shape index (κ3) is 4.34. The Hall–Kier alpha value is -3.48. The van der Waals surface area contributed by atoms with E-state index in [-0.39, 0.29) is 5.91 Å². The van der Waals surface area contributed by atoms with E-state index in [1.807, 2.05) is 73.4 Å². The predicted octanol–water partition coefficient (Wildman–Crippen LogP) is 2.64. The van der Waals surface area contributed by atoms with Gasteiger partial charge in [-0.15, -0.1) is 10.2 Å². The molecule has 1 aliphatic heterocycles. The quantitative estimate of drug-likeness (QED) is 0.643. The van der Waals surface area contributed by atoms with Crippen LogP contribution in [0.15, 0.2) is 54.6 Å². The summed E-state index contributed by atoms with van der Waals surface area (Å²) in [6.45, 7) is 6.76. The molecule has 3 heterocycles. The maximum absolute atomic E-state index is 12.4. The van der Waals surface area contributed by atoms with Crippen molar-refractivity contribution in [1.82, 2.24) is 24.9 Å². The van der Waals surface area contributed by atoms with Crippen LogP contribution in [0.5, 0.6) is 0 Å². The summed E-state index contributed by atoms with van der Waals surface area (Å²) in [5.74, 6) is 1.57. The van der Waals surface area contributed by atoms with Crippen LogP contribution in [0.2, 0.25) is 0 Å². The van der Waals surface area contributed by atoms with Gasteiger partial charge in [0.05, 0.1) is 5.69 Å². The highest BCUT2D eigenvalue weighted by Gasteiger charge is 2.21. The fourth-order valence-corrected chi connectivity index (χ4v) is 3.45. The van der Waals surface area contributed by atoms with Crippen molar-refractivity contribution in [3.8, 4) is 5.82 Å². The summed E-state index contributed by atoms with van der Waals surface area (Å²) in [4.78, 5) is 16.5. The van der Waals surface area contributed by atoms with E-state index < -0.39 is 0 Å². The molecule has 1 aromatic carbocycles. The first-order valence-corrected chi connectivity index (χ1v) is 9.74. The van der Waals surface area contributed by atoms with E-state index in [1.54, 1.807) is 10.8 Å². The topological polar surface area (TPSA) is 67.2 Å². The zero-order valence-corrected chi connectivity index (χ0v) is 16.7. The van der Waals surface area contributed by atoms with Gasteiger partial charge in [0.15, 0.2) is 11.6 Å². The van der Waals surface area contributed by atoms with Gasteiger partial charge in [0.1, 0.15) is 0 Å². The minimum atomic E-state index is 0.0412. The third-order valence-electron chi connectivity index (χ3n) is 5.00. The van der Waals surface area contributed by atoms with E-state index in [9.17, 15) is 4.79 Å². The van der Waals surface area contributed by atoms with E-state index in [1.165, 1.54) is 0 Å². The molecule has 2 aromatic heterocycles. The molecule has 0 bridgehead atoms. The minimum Gasteiger partial charge on any atom is -0.352 e.